The molecule has 0 saturated carbocycles. The van der Waals surface area contributed by atoms with Gasteiger partial charge in [-0.1, -0.05) is 12.1 Å². The molecule has 0 spiro atoms. The summed E-state index contributed by atoms with van der Waals surface area (Å²) in [6, 6.07) is 10.7. The largest absolute Gasteiger partial charge is 0.308 e. The molecule has 23 heavy (non-hydrogen) atoms. The molecule has 2 aromatic heterocycles. The lowest BCUT2D eigenvalue weighted by atomic mass is 10.1. The highest BCUT2D eigenvalue weighted by Gasteiger charge is 2.26. The van der Waals surface area contributed by atoms with Gasteiger partial charge in [-0.15, -0.1) is 0 Å². The third-order valence-electron chi connectivity index (χ3n) is 4.52. The number of nitrogens with zero attached hydrogens (tertiary/aromatic N) is 4. The van der Waals surface area contributed by atoms with Crippen LogP contribution in [0.4, 0.5) is 4.39 Å². The molecule has 0 amide bonds. The van der Waals surface area contributed by atoms with Crippen molar-refractivity contribution >= 4 is 11.2 Å². The van der Waals surface area contributed by atoms with E-state index in [0.29, 0.717) is 12.5 Å². The van der Waals surface area contributed by atoms with E-state index < -0.39 is 0 Å². The van der Waals surface area contributed by atoms with Crippen molar-refractivity contribution in [2.45, 2.75) is 18.9 Å². The molecule has 0 N–H and O–H groups in total. The third-order valence-corrected chi connectivity index (χ3v) is 4.52. The Bertz CT molecular complexity index is 842. The summed E-state index contributed by atoms with van der Waals surface area (Å²) in [7, 11) is 2.14. The summed E-state index contributed by atoms with van der Waals surface area (Å²) in [5.74, 6) is 1.26. The predicted molar refractivity (Wildman–Crippen MR) is 87.9 cm³/mol. The van der Waals surface area contributed by atoms with Gasteiger partial charge < -0.3 is 9.47 Å². The molecule has 1 aliphatic rings. The van der Waals surface area contributed by atoms with E-state index in [1.54, 1.807) is 18.3 Å². The van der Waals surface area contributed by atoms with E-state index in [0.717, 1.165) is 42.1 Å². The molecule has 3 heterocycles. The van der Waals surface area contributed by atoms with Crippen LogP contribution < -0.4 is 0 Å². The zero-order valence-corrected chi connectivity index (χ0v) is 13.1. The van der Waals surface area contributed by atoms with Crippen molar-refractivity contribution in [1.29, 1.82) is 0 Å². The topological polar surface area (TPSA) is 34.0 Å². The van der Waals surface area contributed by atoms with Gasteiger partial charge in [0.2, 0.25) is 0 Å². The number of halogens is 1. The van der Waals surface area contributed by atoms with Gasteiger partial charge in [0.15, 0.2) is 5.65 Å². The smallest absolute Gasteiger partial charge is 0.160 e. The fourth-order valence-electron chi connectivity index (χ4n) is 3.41. The molecule has 3 aromatic rings. The molecule has 1 aliphatic heterocycles. The van der Waals surface area contributed by atoms with Gasteiger partial charge >= 0.3 is 0 Å². The maximum Gasteiger partial charge on any atom is 0.160 e. The van der Waals surface area contributed by atoms with E-state index in [1.165, 1.54) is 6.07 Å². The van der Waals surface area contributed by atoms with Crippen LogP contribution in [0.3, 0.4) is 0 Å². The zero-order valence-electron chi connectivity index (χ0n) is 13.1. The van der Waals surface area contributed by atoms with Gasteiger partial charge in [-0.2, -0.15) is 0 Å². The average molecular weight is 310 g/mol. The third kappa shape index (κ3) is 2.72. The van der Waals surface area contributed by atoms with E-state index in [1.807, 2.05) is 18.2 Å². The van der Waals surface area contributed by atoms with Gasteiger partial charge in [-0.25, -0.2) is 14.4 Å². The highest BCUT2D eigenvalue weighted by atomic mass is 19.1. The second-order valence-electron chi connectivity index (χ2n) is 6.28. The van der Waals surface area contributed by atoms with Crippen LogP contribution in [-0.4, -0.2) is 39.6 Å². The van der Waals surface area contributed by atoms with Crippen molar-refractivity contribution in [3.8, 4) is 0 Å². The molecule has 1 unspecified atom stereocenters. The standard InChI is InChI=1S/C18H19FN4/c1-22-9-7-14(12-22)17-21-16-6-3-8-20-18(16)23(17)11-13-4-2-5-15(19)10-13/h2-6,8,10,14H,7,9,11-12H2,1H3. The van der Waals surface area contributed by atoms with Crippen molar-refractivity contribution in [1.82, 2.24) is 19.4 Å². The van der Waals surface area contributed by atoms with E-state index in [-0.39, 0.29) is 5.82 Å². The number of likely N-dealkylation sites (tertiary alicyclic amines) is 1. The van der Waals surface area contributed by atoms with Crippen molar-refractivity contribution in [3.05, 3.63) is 59.8 Å². The SMILES string of the molecule is CN1CCC(c2nc3cccnc3n2Cc2cccc(F)c2)C1. The Morgan fingerprint density at radius 1 is 1.26 bits per heavy atom. The number of hydrogen-bond donors (Lipinski definition) is 0. The van der Waals surface area contributed by atoms with Crippen molar-refractivity contribution in [2.75, 3.05) is 20.1 Å². The first-order valence-corrected chi connectivity index (χ1v) is 7.95. The zero-order chi connectivity index (χ0) is 15.8. The van der Waals surface area contributed by atoms with Crippen LogP contribution in [0.2, 0.25) is 0 Å². The molecule has 1 atom stereocenters. The summed E-state index contributed by atoms with van der Waals surface area (Å²) >= 11 is 0. The van der Waals surface area contributed by atoms with Gasteiger partial charge in [-0.3, -0.25) is 0 Å². The molecule has 0 bridgehead atoms. The first-order chi connectivity index (χ1) is 11.2. The lowest BCUT2D eigenvalue weighted by Crippen LogP contribution is -2.16. The Kier molecular flexibility index (Phi) is 3.58. The summed E-state index contributed by atoms with van der Waals surface area (Å²) in [5.41, 5.74) is 2.72. The van der Waals surface area contributed by atoms with Crippen LogP contribution in [0.5, 0.6) is 0 Å². The van der Waals surface area contributed by atoms with E-state index in [2.05, 4.69) is 21.5 Å². The first kappa shape index (κ1) is 14.3. The summed E-state index contributed by atoms with van der Waals surface area (Å²) in [6.45, 7) is 2.69. The molecular weight excluding hydrogens is 291 g/mol. The lowest BCUT2D eigenvalue weighted by Gasteiger charge is -2.14. The Labute approximate surface area is 134 Å². The number of fused-ring (bicyclic) bond motifs is 1. The van der Waals surface area contributed by atoms with E-state index in [9.17, 15) is 4.39 Å². The molecule has 4 nitrogen and oxygen atoms in total. The van der Waals surface area contributed by atoms with Gasteiger partial charge in [0, 0.05) is 18.7 Å². The van der Waals surface area contributed by atoms with E-state index in [4.69, 9.17) is 4.98 Å². The molecule has 1 aromatic carbocycles. The monoisotopic (exact) mass is 310 g/mol. The second kappa shape index (κ2) is 5.74. The number of hydrogen-bond acceptors (Lipinski definition) is 3. The van der Waals surface area contributed by atoms with Gasteiger partial charge in [0.1, 0.15) is 17.2 Å². The predicted octanol–water partition coefficient (Wildman–Crippen LogP) is 3.04. The molecule has 1 fully saturated rings. The number of imidazole rings is 1. The number of benzene rings is 1. The maximum absolute atomic E-state index is 13.5. The van der Waals surface area contributed by atoms with Crippen LogP contribution in [0, 0.1) is 5.82 Å². The van der Waals surface area contributed by atoms with Crippen molar-refractivity contribution < 1.29 is 4.39 Å². The summed E-state index contributed by atoms with van der Waals surface area (Å²) < 4.78 is 15.7. The normalized spacial score (nSPS) is 18.8. The minimum Gasteiger partial charge on any atom is -0.308 e. The Balaban J connectivity index is 1.79. The fraction of sp³-hybridized carbons (Fsp3) is 0.333. The average Bonchev–Trinajstić information content (AvgIpc) is 3.12. The molecule has 118 valence electrons. The molecule has 0 radical (unpaired) electrons. The minimum absolute atomic E-state index is 0.206. The summed E-state index contributed by atoms with van der Waals surface area (Å²) in [5, 5.41) is 0. The Morgan fingerprint density at radius 3 is 2.96 bits per heavy atom. The van der Waals surface area contributed by atoms with E-state index >= 15 is 0 Å². The Morgan fingerprint density at radius 2 is 2.17 bits per heavy atom. The number of rotatable bonds is 3. The quantitative estimate of drug-likeness (QED) is 0.745. The number of pyridine rings is 1. The minimum atomic E-state index is -0.206. The first-order valence-electron chi connectivity index (χ1n) is 7.95. The van der Waals surface area contributed by atoms with Crippen LogP contribution in [0.1, 0.15) is 23.7 Å². The number of aromatic nitrogens is 3. The fourth-order valence-corrected chi connectivity index (χ4v) is 3.41. The van der Waals surface area contributed by atoms with Gasteiger partial charge in [0.25, 0.3) is 0 Å². The highest BCUT2D eigenvalue weighted by Crippen LogP contribution is 2.28. The molecule has 0 aliphatic carbocycles. The summed E-state index contributed by atoms with van der Waals surface area (Å²) in [4.78, 5) is 11.7. The summed E-state index contributed by atoms with van der Waals surface area (Å²) in [6.07, 6.45) is 2.89. The lowest BCUT2D eigenvalue weighted by molar-refractivity contribution is 0.408. The van der Waals surface area contributed by atoms with Gasteiger partial charge in [-0.05, 0) is 49.8 Å². The van der Waals surface area contributed by atoms with Crippen LogP contribution in [0.15, 0.2) is 42.6 Å². The van der Waals surface area contributed by atoms with Crippen molar-refractivity contribution in [2.24, 2.45) is 0 Å². The van der Waals surface area contributed by atoms with Crippen molar-refractivity contribution in [3.63, 3.8) is 0 Å². The maximum atomic E-state index is 13.5. The second-order valence-corrected chi connectivity index (χ2v) is 6.28. The number of likely N-dealkylation sites (N-methyl/N-ethyl adjacent to an activating group) is 1. The molecule has 4 rings (SSSR count). The Hall–Kier alpha value is -2.27. The molecule has 1 saturated heterocycles. The van der Waals surface area contributed by atoms with Crippen LogP contribution >= 0.6 is 0 Å². The van der Waals surface area contributed by atoms with Gasteiger partial charge in [0.05, 0.1) is 6.54 Å². The highest BCUT2D eigenvalue weighted by molar-refractivity contribution is 5.71. The van der Waals surface area contributed by atoms with Crippen LogP contribution in [0.25, 0.3) is 11.2 Å². The molecule has 5 heteroatoms. The van der Waals surface area contributed by atoms with Crippen LogP contribution in [-0.2, 0) is 6.54 Å². The molecular formula is C18H19FN4.